The fraction of sp³-hybridized carbons (Fsp3) is 0.174. The number of aryl methyl sites for hydroxylation is 2. The number of benzene rings is 1. The number of furan rings is 1. The van der Waals surface area contributed by atoms with Gasteiger partial charge in [0.25, 0.3) is 11.8 Å². The molecule has 3 aromatic heterocycles. The number of ether oxygens (including phenoxy) is 1. The predicted octanol–water partition coefficient (Wildman–Crippen LogP) is 2.91. The minimum atomic E-state index is -0.570. The van der Waals surface area contributed by atoms with E-state index in [9.17, 15) is 14.4 Å². The number of fused-ring (bicyclic) bond motifs is 1. The van der Waals surface area contributed by atoms with Crippen LogP contribution in [-0.2, 0) is 11.3 Å². The van der Waals surface area contributed by atoms with Crippen LogP contribution >= 0.6 is 0 Å². The second-order valence-electron chi connectivity index (χ2n) is 7.40. The number of esters is 1. The van der Waals surface area contributed by atoms with Gasteiger partial charge in [-0.1, -0.05) is 0 Å². The lowest BCUT2D eigenvalue weighted by atomic mass is 10.1. The van der Waals surface area contributed by atoms with Gasteiger partial charge in [-0.3, -0.25) is 9.59 Å². The fourth-order valence-electron chi connectivity index (χ4n) is 3.37. The summed E-state index contributed by atoms with van der Waals surface area (Å²) in [5.74, 6) is -1.37. The van der Waals surface area contributed by atoms with Crippen LogP contribution in [0.4, 0.5) is 5.69 Å². The molecule has 1 aromatic carbocycles. The Morgan fingerprint density at radius 2 is 1.88 bits per heavy atom. The fourth-order valence-corrected chi connectivity index (χ4v) is 3.37. The summed E-state index contributed by atoms with van der Waals surface area (Å²) in [6.07, 6.45) is 2.70. The largest absolute Gasteiger partial charge is 0.472 e. The Morgan fingerprint density at radius 1 is 1.06 bits per heavy atom. The monoisotopic (exact) mass is 447 g/mol. The molecule has 2 amide bonds. The van der Waals surface area contributed by atoms with E-state index < -0.39 is 17.8 Å². The maximum absolute atomic E-state index is 12.7. The van der Waals surface area contributed by atoms with E-state index in [4.69, 9.17) is 9.15 Å². The smallest absolute Gasteiger partial charge is 0.337 e. The second-order valence-corrected chi connectivity index (χ2v) is 7.40. The highest BCUT2D eigenvalue weighted by Gasteiger charge is 2.15. The quantitative estimate of drug-likeness (QED) is 0.435. The molecule has 0 radical (unpaired) electrons. The maximum Gasteiger partial charge on any atom is 0.337 e. The Hall–Kier alpha value is -4.47. The van der Waals surface area contributed by atoms with Crippen LogP contribution in [0.2, 0.25) is 0 Å². The van der Waals surface area contributed by atoms with Crippen molar-refractivity contribution < 1.29 is 23.5 Å². The van der Waals surface area contributed by atoms with E-state index in [-0.39, 0.29) is 17.8 Å². The molecule has 0 aliphatic carbocycles. The van der Waals surface area contributed by atoms with Gasteiger partial charge in [0.1, 0.15) is 6.26 Å². The van der Waals surface area contributed by atoms with Crippen molar-refractivity contribution >= 4 is 29.1 Å². The van der Waals surface area contributed by atoms with Crippen molar-refractivity contribution in [1.82, 2.24) is 19.9 Å². The molecule has 0 bridgehead atoms. The van der Waals surface area contributed by atoms with E-state index in [1.807, 2.05) is 19.9 Å². The summed E-state index contributed by atoms with van der Waals surface area (Å²) in [5, 5.41) is 9.80. The van der Waals surface area contributed by atoms with Crippen molar-refractivity contribution in [2.75, 3.05) is 12.4 Å². The summed E-state index contributed by atoms with van der Waals surface area (Å²) in [6.45, 7) is 3.85. The standard InChI is InChI=1S/C23H21N5O5/c1-13-6-14(2)28-20(25-13)10-19(27-28)22(30)24-11-15-7-17(23(31)32-3)9-18(8-15)26-21(29)16-4-5-33-12-16/h4-10,12H,11H2,1-3H3,(H,24,30)(H,26,29). The SMILES string of the molecule is COC(=O)c1cc(CNC(=O)c2cc3nc(C)cc(C)n3n2)cc(NC(=O)c2ccoc2)c1. The zero-order chi connectivity index (χ0) is 23.5. The zero-order valence-corrected chi connectivity index (χ0v) is 18.2. The first kappa shape index (κ1) is 21.8. The van der Waals surface area contributed by atoms with Crippen LogP contribution in [0.25, 0.3) is 5.65 Å². The van der Waals surface area contributed by atoms with Crippen molar-refractivity contribution in [3.8, 4) is 0 Å². The van der Waals surface area contributed by atoms with Crippen LogP contribution in [-0.4, -0.2) is 39.5 Å². The summed E-state index contributed by atoms with van der Waals surface area (Å²) in [6, 6.07) is 9.74. The number of nitrogens with one attached hydrogen (secondary N) is 2. The number of aromatic nitrogens is 3. The van der Waals surface area contributed by atoms with Gasteiger partial charge in [-0.25, -0.2) is 14.3 Å². The lowest BCUT2D eigenvalue weighted by molar-refractivity contribution is 0.0600. The molecule has 0 spiro atoms. The number of rotatable bonds is 6. The van der Waals surface area contributed by atoms with Gasteiger partial charge in [-0.05, 0) is 49.7 Å². The van der Waals surface area contributed by atoms with Crippen LogP contribution in [0.15, 0.2) is 53.3 Å². The van der Waals surface area contributed by atoms with E-state index in [1.165, 1.54) is 31.8 Å². The van der Waals surface area contributed by atoms with Gasteiger partial charge < -0.3 is 19.8 Å². The lowest BCUT2D eigenvalue weighted by Gasteiger charge is -2.10. The van der Waals surface area contributed by atoms with Crippen LogP contribution in [0.3, 0.4) is 0 Å². The van der Waals surface area contributed by atoms with Crippen molar-refractivity contribution in [3.05, 3.63) is 82.7 Å². The number of carbonyl (C=O) groups is 3. The van der Waals surface area contributed by atoms with E-state index in [2.05, 4.69) is 20.7 Å². The third kappa shape index (κ3) is 4.74. The summed E-state index contributed by atoms with van der Waals surface area (Å²) in [7, 11) is 1.27. The zero-order valence-electron chi connectivity index (χ0n) is 18.2. The van der Waals surface area contributed by atoms with Gasteiger partial charge in [0, 0.05) is 29.7 Å². The molecule has 0 saturated heterocycles. The number of hydrogen-bond acceptors (Lipinski definition) is 7. The van der Waals surface area contributed by atoms with E-state index in [0.717, 1.165) is 11.4 Å². The van der Waals surface area contributed by atoms with Crippen molar-refractivity contribution in [1.29, 1.82) is 0 Å². The molecule has 4 aromatic rings. The van der Waals surface area contributed by atoms with E-state index in [0.29, 0.717) is 22.5 Å². The Labute approximate surface area is 188 Å². The summed E-state index contributed by atoms with van der Waals surface area (Å²) >= 11 is 0. The highest BCUT2D eigenvalue weighted by molar-refractivity contribution is 6.04. The van der Waals surface area contributed by atoms with Gasteiger partial charge in [0.2, 0.25) is 0 Å². The molecule has 0 aliphatic heterocycles. The van der Waals surface area contributed by atoms with Gasteiger partial charge in [-0.15, -0.1) is 0 Å². The Bertz CT molecular complexity index is 1360. The Balaban J connectivity index is 1.54. The van der Waals surface area contributed by atoms with Gasteiger partial charge in [0.05, 0.1) is 24.5 Å². The number of anilines is 1. The first-order valence-corrected chi connectivity index (χ1v) is 10.0. The molecule has 10 nitrogen and oxygen atoms in total. The number of methoxy groups -OCH3 is 1. The minimum absolute atomic E-state index is 0.0948. The molecular formula is C23H21N5O5. The summed E-state index contributed by atoms with van der Waals surface area (Å²) in [5.41, 5.74) is 4.01. The average molecular weight is 447 g/mol. The molecule has 10 heteroatoms. The van der Waals surface area contributed by atoms with Crippen LogP contribution in [0, 0.1) is 13.8 Å². The molecule has 0 unspecified atom stereocenters. The van der Waals surface area contributed by atoms with Crippen LogP contribution < -0.4 is 10.6 Å². The van der Waals surface area contributed by atoms with Gasteiger partial charge in [-0.2, -0.15) is 5.10 Å². The molecule has 0 atom stereocenters. The number of carbonyl (C=O) groups excluding carboxylic acids is 3. The number of amides is 2. The van der Waals surface area contributed by atoms with E-state index >= 15 is 0 Å². The van der Waals surface area contributed by atoms with E-state index in [1.54, 1.807) is 22.7 Å². The Morgan fingerprint density at radius 3 is 2.61 bits per heavy atom. The maximum atomic E-state index is 12.7. The minimum Gasteiger partial charge on any atom is -0.472 e. The third-order valence-electron chi connectivity index (χ3n) is 4.87. The third-order valence-corrected chi connectivity index (χ3v) is 4.87. The molecule has 0 saturated carbocycles. The highest BCUT2D eigenvalue weighted by atomic mass is 16.5. The normalized spacial score (nSPS) is 10.8. The van der Waals surface area contributed by atoms with Crippen molar-refractivity contribution in [3.63, 3.8) is 0 Å². The molecule has 0 aliphatic rings. The summed E-state index contributed by atoms with van der Waals surface area (Å²) < 4.78 is 11.3. The number of hydrogen-bond donors (Lipinski definition) is 2. The topological polar surface area (TPSA) is 128 Å². The molecule has 0 fully saturated rings. The predicted molar refractivity (Wildman–Crippen MR) is 118 cm³/mol. The Kier molecular flexibility index (Phi) is 5.90. The summed E-state index contributed by atoms with van der Waals surface area (Å²) in [4.78, 5) is 41.5. The van der Waals surface area contributed by atoms with Crippen molar-refractivity contribution in [2.45, 2.75) is 20.4 Å². The van der Waals surface area contributed by atoms with Gasteiger partial charge >= 0.3 is 5.97 Å². The lowest BCUT2D eigenvalue weighted by Crippen LogP contribution is -2.23. The molecule has 33 heavy (non-hydrogen) atoms. The second kappa shape index (κ2) is 8.95. The molecule has 4 rings (SSSR count). The van der Waals surface area contributed by atoms with Crippen LogP contribution in [0.1, 0.15) is 48.2 Å². The highest BCUT2D eigenvalue weighted by Crippen LogP contribution is 2.18. The average Bonchev–Trinajstić information content (AvgIpc) is 3.47. The number of nitrogens with zero attached hydrogens (tertiary/aromatic N) is 3. The molecule has 3 heterocycles. The van der Waals surface area contributed by atoms with Crippen LogP contribution in [0.5, 0.6) is 0 Å². The molecule has 2 N–H and O–H groups in total. The molecular weight excluding hydrogens is 426 g/mol. The van der Waals surface area contributed by atoms with Gasteiger partial charge in [0.15, 0.2) is 11.3 Å². The van der Waals surface area contributed by atoms with Crippen molar-refractivity contribution in [2.24, 2.45) is 0 Å². The molecule has 168 valence electrons. The first-order chi connectivity index (χ1) is 15.8. The first-order valence-electron chi connectivity index (χ1n) is 10.0.